The van der Waals surface area contributed by atoms with Crippen LogP contribution in [0.1, 0.15) is 5.56 Å². The molecule has 0 radical (unpaired) electrons. The lowest BCUT2D eigenvalue weighted by atomic mass is 10.2. The Morgan fingerprint density at radius 2 is 2.06 bits per heavy atom. The van der Waals surface area contributed by atoms with Crippen LogP contribution in [0, 0.1) is 11.6 Å². The normalized spacial score (nSPS) is 10.2. The lowest BCUT2D eigenvalue weighted by molar-refractivity contribution is 0.398. The number of halogens is 2. The average Bonchev–Trinajstić information content (AvgIpc) is 2.38. The Morgan fingerprint density at radius 3 is 2.78 bits per heavy atom. The van der Waals surface area contributed by atoms with Gasteiger partial charge >= 0.3 is 0 Å². The molecular formula is C13H12F2N2O. The Hall–Kier alpha value is -2.17. The number of aromatic nitrogens is 1. The van der Waals surface area contributed by atoms with E-state index in [1.165, 1.54) is 19.2 Å². The van der Waals surface area contributed by atoms with Gasteiger partial charge in [0.2, 0.25) is 5.88 Å². The molecule has 0 spiro atoms. The Morgan fingerprint density at radius 1 is 1.22 bits per heavy atom. The summed E-state index contributed by atoms with van der Waals surface area (Å²) in [5.41, 5.74) is 1.15. The number of nitrogens with one attached hydrogen (secondary N) is 1. The molecular weight excluding hydrogens is 238 g/mol. The minimum absolute atomic E-state index is 0.263. The van der Waals surface area contributed by atoms with Gasteiger partial charge in [-0.05, 0) is 12.1 Å². The van der Waals surface area contributed by atoms with Crippen LogP contribution in [-0.4, -0.2) is 12.1 Å². The van der Waals surface area contributed by atoms with Crippen molar-refractivity contribution in [3.8, 4) is 5.88 Å². The lowest BCUT2D eigenvalue weighted by Crippen LogP contribution is -2.02. The third-order valence-electron chi connectivity index (χ3n) is 2.44. The van der Waals surface area contributed by atoms with Crippen LogP contribution in [0.25, 0.3) is 0 Å². The van der Waals surface area contributed by atoms with Crippen LogP contribution >= 0.6 is 0 Å². The van der Waals surface area contributed by atoms with Gasteiger partial charge in [0.1, 0.15) is 11.6 Å². The first-order chi connectivity index (χ1) is 8.69. The van der Waals surface area contributed by atoms with Crippen LogP contribution in [-0.2, 0) is 6.54 Å². The Balaban J connectivity index is 2.06. The van der Waals surface area contributed by atoms with Gasteiger partial charge in [-0.3, -0.25) is 0 Å². The number of anilines is 1. The molecule has 0 aliphatic rings. The zero-order valence-electron chi connectivity index (χ0n) is 9.78. The molecule has 0 saturated carbocycles. The largest absolute Gasteiger partial charge is 0.481 e. The molecule has 0 amide bonds. The Kier molecular flexibility index (Phi) is 3.72. The number of rotatable bonds is 4. The van der Waals surface area contributed by atoms with Gasteiger partial charge in [-0.15, -0.1) is 0 Å². The molecule has 5 heteroatoms. The number of hydrogen-bond donors (Lipinski definition) is 1. The standard InChI is InChI=1S/C13H12F2N2O/c1-18-13-7-11(4-5-16-13)17-8-9-2-3-10(14)6-12(9)15/h2-7H,8H2,1H3,(H,16,17). The van der Waals surface area contributed by atoms with E-state index in [9.17, 15) is 8.78 Å². The number of hydrogen-bond acceptors (Lipinski definition) is 3. The summed E-state index contributed by atoms with van der Waals surface area (Å²) in [6, 6.07) is 6.94. The minimum Gasteiger partial charge on any atom is -0.481 e. The van der Waals surface area contributed by atoms with Crippen LogP contribution in [0.3, 0.4) is 0 Å². The first-order valence-corrected chi connectivity index (χ1v) is 5.37. The van der Waals surface area contributed by atoms with Crippen molar-refractivity contribution in [2.24, 2.45) is 0 Å². The highest BCUT2D eigenvalue weighted by atomic mass is 19.1. The highest BCUT2D eigenvalue weighted by Crippen LogP contribution is 2.16. The van der Waals surface area contributed by atoms with E-state index in [4.69, 9.17) is 4.74 Å². The van der Waals surface area contributed by atoms with Crippen LogP contribution in [0.4, 0.5) is 14.5 Å². The minimum atomic E-state index is -0.582. The molecule has 0 atom stereocenters. The third-order valence-corrected chi connectivity index (χ3v) is 2.44. The van der Waals surface area contributed by atoms with E-state index in [0.717, 1.165) is 11.8 Å². The van der Waals surface area contributed by atoms with Gasteiger partial charge in [0, 0.05) is 36.1 Å². The number of methoxy groups -OCH3 is 1. The lowest BCUT2D eigenvalue weighted by Gasteiger charge is -2.08. The fourth-order valence-corrected chi connectivity index (χ4v) is 1.49. The Bertz CT molecular complexity index is 546. The zero-order valence-corrected chi connectivity index (χ0v) is 9.78. The number of nitrogens with zero attached hydrogens (tertiary/aromatic N) is 1. The predicted octanol–water partition coefficient (Wildman–Crippen LogP) is 2.98. The first-order valence-electron chi connectivity index (χ1n) is 5.37. The fourth-order valence-electron chi connectivity index (χ4n) is 1.49. The summed E-state index contributed by atoms with van der Waals surface area (Å²) in [5, 5.41) is 3.01. The fraction of sp³-hybridized carbons (Fsp3) is 0.154. The number of pyridine rings is 1. The second kappa shape index (κ2) is 5.44. The van der Waals surface area contributed by atoms with E-state index >= 15 is 0 Å². The van der Waals surface area contributed by atoms with E-state index < -0.39 is 11.6 Å². The van der Waals surface area contributed by atoms with Crippen LogP contribution in [0.5, 0.6) is 5.88 Å². The zero-order chi connectivity index (χ0) is 13.0. The summed E-state index contributed by atoms with van der Waals surface area (Å²) in [6.45, 7) is 0.263. The van der Waals surface area contributed by atoms with Crippen molar-refractivity contribution in [3.63, 3.8) is 0 Å². The van der Waals surface area contributed by atoms with E-state index in [1.807, 2.05) is 0 Å². The molecule has 0 bridgehead atoms. The van der Waals surface area contributed by atoms with Crippen molar-refractivity contribution >= 4 is 5.69 Å². The number of ether oxygens (including phenoxy) is 1. The van der Waals surface area contributed by atoms with Crippen molar-refractivity contribution in [1.29, 1.82) is 0 Å². The molecule has 0 unspecified atom stereocenters. The average molecular weight is 250 g/mol. The van der Waals surface area contributed by atoms with Gasteiger partial charge in [-0.25, -0.2) is 13.8 Å². The first kappa shape index (κ1) is 12.3. The maximum Gasteiger partial charge on any atom is 0.214 e. The van der Waals surface area contributed by atoms with Gasteiger partial charge in [0.15, 0.2) is 0 Å². The third kappa shape index (κ3) is 2.94. The summed E-state index contributed by atoms with van der Waals surface area (Å²) in [4.78, 5) is 3.96. The SMILES string of the molecule is COc1cc(NCc2ccc(F)cc2F)ccn1. The van der Waals surface area contributed by atoms with Crippen molar-refractivity contribution in [3.05, 3.63) is 53.7 Å². The molecule has 0 aliphatic carbocycles. The van der Waals surface area contributed by atoms with Crippen LogP contribution in [0.2, 0.25) is 0 Å². The summed E-state index contributed by atoms with van der Waals surface area (Å²) >= 11 is 0. The molecule has 2 aromatic rings. The van der Waals surface area contributed by atoms with Gasteiger partial charge in [0.25, 0.3) is 0 Å². The van der Waals surface area contributed by atoms with Crippen molar-refractivity contribution in [2.45, 2.75) is 6.54 Å². The van der Waals surface area contributed by atoms with Crippen LogP contribution < -0.4 is 10.1 Å². The topological polar surface area (TPSA) is 34.1 Å². The summed E-state index contributed by atoms with van der Waals surface area (Å²) < 4.78 is 31.1. The molecule has 1 N–H and O–H groups in total. The van der Waals surface area contributed by atoms with Gasteiger partial charge in [-0.1, -0.05) is 6.07 Å². The molecule has 1 heterocycles. The second-order valence-electron chi connectivity index (χ2n) is 3.68. The highest BCUT2D eigenvalue weighted by molar-refractivity contribution is 5.45. The van der Waals surface area contributed by atoms with E-state index in [2.05, 4.69) is 10.3 Å². The number of benzene rings is 1. The Labute approximate surface area is 103 Å². The van der Waals surface area contributed by atoms with E-state index in [1.54, 1.807) is 18.3 Å². The molecule has 0 fully saturated rings. The molecule has 2 rings (SSSR count). The quantitative estimate of drug-likeness (QED) is 0.905. The van der Waals surface area contributed by atoms with Gasteiger partial charge < -0.3 is 10.1 Å². The van der Waals surface area contributed by atoms with Gasteiger partial charge in [0.05, 0.1) is 7.11 Å². The highest BCUT2D eigenvalue weighted by Gasteiger charge is 2.04. The monoisotopic (exact) mass is 250 g/mol. The summed E-state index contributed by atoms with van der Waals surface area (Å²) in [6.07, 6.45) is 1.59. The van der Waals surface area contributed by atoms with Crippen molar-refractivity contribution in [1.82, 2.24) is 4.98 Å². The predicted molar refractivity (Wildman–Crippen MR) is 64.5 cm³/mol. The summed E-state index contributed by atoms with van der Waals surface area (Å²) in [7, 11) is 1.52. The smallest absolute Gasteiger partial charge is 0.214 e. The molecule has 1 aromatic heterocycles. The molecule has 3 nitrogen and oxygen atoms in total. The molecule has 1 aromatic carbocycles. The van der Waals surface area contributed by atoms with E-state index in [0.29, 0.717) is 11.4 Å². The molecule has 0 aliphatic heterocycles. The van der Waals surface area contributed by atoms with Crippen molar-refractivity contribution < 1.29 is 13.5 Å². The van der Waals surface area contributed by atoms with Crippen LogP contribution in [0.15, 0.2) is 36.5 Å². The molecule has 18 heavy (non-hydrogen) atoms. The van der Waals surface area contributed by atoms with Crippen molar-refractivity contribution in [2.75, 3.05) is 12.4 Å². The summed E-state index contributed by atoms with van der Waals surface area (Å²) in [5.74, 6) is -0.676. The maximum absolute atomic E-state index is 13.4. The molecule has 0 saturated heterocycles. The molecule has 94 valence electrons. The second-order valence-corrected chi connectivity index (χ2v) is 3.68. The maximum atomic E-state index is 13.4. The van der Waals surface area contributed by atoms with Gasteiger partial charge in [-0.2, -0.15) is 0 Å². The van der Waals surface area contributed by atoms with E-state index in [-0.39, 0.29) is 6.54 Å².